The highest BCUT2D eigenvalue weighted by Gasteiger charge is 2.24. The van der Waals surface area contributed by atoms with Crippen molar-refractivity contribution in [1.29, 1.82) is 0 Å². The molecular weight excluding hydrogens is 286 g/mol. The summed E-state index contributed by atoms with van der Waals surface area (Å²) < 4.78 is 4.33. The van der Waals surface area contributed by atoms with Crippen LogP contribution < -0.4 is 10.2 Å². The van der Waals surface area contributed by atoms with Gasteiger partial charge >= 0.3 is 0 Å². The normalized spacial score (nSPS) is 19.1. The molecule has 6 nitrogen and oxygen atoms in total. The molecule has 0 unspecified atom stereocenters. The molecule has 1 aliphatic heterocycles. The lowest BCUT2D eigenvalue weighted by Crippen LogP contribution is -2.51. The minimum absolute atomic E-state index is 0.224. The molecule has 2 aliphatic rings. The molecule has 1 aliphatic carbocycles. The van der Waals surface area contributed by atoms with Crippen LogP contribution in [0.3, 0.4) is 0 Å². The maximum Gasteiger partial charge on any atom is 0.236 e. The van der Waals surface area contributed by atoms with Gasteiger partial charge in [-0.25, -0.2) is 4.98 Å². The molecule has 7 heteroatoms. The summed E-state index contributed by atoms with van der Waals surface area (Å²) in [5.41, 5.74) is 0. The molecule has 1 saturated carbocycles. The summed E-state index contributed by atoms with van der Waals surface area (Å²) in [4.78, 5) is 20.8. The van der Waals surface area contributed by atoms with E-state index in [2.05, 4.69) is 26.5 Å². The topological polar surface area (TPSA) is 61.4 Å². The predicted octanol–water partition coefficient (Wildman–Crippen LogP) is 0.749. The van der Waals surface area contributed by atoms with Crippen LogP contribution >= 0.6 is 11.5 Å². The van der Waals surface area contributed by atoms with Gasteiger partial charge in [0.15, 0.2) is 0 Å². The van der Waals surface area contributed by atoms with E-state index in [-0.39, 0.29) is 5.91 Å². The van der Waals surface area contributed by atoms with E-state index in [0.29, 0.717) is 6.54 Å². The summed E-state index contributed by atoms with van der Waals surface area (Å²) in [6, 6.07) is 0. The Morgan fingerprint density at radius 3 is 2.71 bits per heavy atom. The highest BCUT2D eigenvalue weighted by molar-refractivity contribution is 7.09. The second-order valence-electron chi connectivity index (χ2n) is 5.79. The lowest BCUT2D eigenvalue weighted by molar-refractivity contribution is -0.130. The van der Waals surface area contributed by atoms with Crippen molar-refractivity contribution in [3.8, 4) is 0 Å². The third kappa shape index (κ3) is 3.91. The predicted molar refractivity (Wildman–Crippen MR) is 83.7 cm³/mol. The maximum absolute atomic E-state index is 12.1. The zero-order valence-corrected chi connectivity index (χ0v) is 13.4. The van der Waals surface area contributed by atoms with Crippen molar-refractivity contribution in [2.24, 2.45) is 5.92 Å². The van der Waals surface area contributed by atoms with Crippen LogP contribution in [-0.2, 0) is 11.2 Å². The first-order valence-electron chi connectivity index (χ1n) is 7.82. The van der Waals surface area contributed by atoms with Crippen molar-refractivity contribution in [3.05, 3.63) is 5.82 Å². The number of carbonyl (C=O) groups is 1. The van der Waals surface area contributed by atoms with Crippen molar-refractivity contribution in [1.82, 2.24) is 19.6 Å². The highest BCUT2D eigenvalue weighted by Crippen LogP contribution is 2.27. The molecule has 0 atom stereocenters. The summed E-state index contributed by atoms with van der Waals surface area (Å²) in [5, 5.41) is 4.26. The minimum Gasteiger partial charge on any atom is -0.343 e. The molecule has 1 aromatic rings. The SMILES string of the molecule is CCc1nsc(N2CCN(C(=O)CNCC3CC3)CC2)n1. The van der Waals surface area contributed by atoms with E-state index in [1.54, 1.807) is 0 Å². The first-order valence-corrected chi connectivity index (χ1v) is 8.59. The van der Waals surface area contributed by atoms with E-state index in [1.165, 1.54) is 24.4 Å². The number of hydrogen-bond donors (Lipinski definition) is 1. The molecule has 1 saturated heterocycles. The fourth-order valence-electron chi connectivity index (χ4n) is 2.48. The maximum atomic E-state index is 12.1. The van der Waals surface area contributed by atoms with Gasteiger partial charge < -0.3 is 15.1 Å². The van der Waals surface area contributed by atoms with Gasteiger partial charge in [0.05, 0.1) is 6.54 Å². The van der Waals surface area contributed by atoms with Gasteiger partial charge in [0.25, 0.3) is 0 Å². The van der Waals surface area contributed by atoms with Gasteiger partial charge in [-0.2, -0.15) is 4.37 Å². The highest BCUT2D eigenvalue weighted by atomic mass is 32.1. The van der Waals surface area contributed by atoms with E-state index in [4.69, 9.17) is 0 Å². The van der Waals surface area contributed by atoms with Crippen LogP contribution in [0.4, 0.5) is 5.13 Å². The van der Waals surface area contributed by atoms with Crippen molar-refractivity contribution < 1.29 is 4.79 Å². The molecular formula is C14H23N5OS. The third-order valence-electron chi connectivity index (χ3n) is 4.08. The van der Waals surface area contributed by atoms with Gasteiger partial charge in [0.1, 0.15) is 5.82 Å². The second kappa shape index (κ2) is 6.70. The van der Waals surface area contributed by atoms with Crippen LogP contribution in [0.15, 0.2) is 0 Å². The first kappa shape index (κ1) is 14.7. The van der Waals surface area contributed by atoms with Crippen LogP contribution in [0.25, 0.3) is 0 Å². The van der Waals surface area contributed by atoms with Gasteiger partial charge in [0.2, 0.25) is 11.0 Å². The fourth-order valence-corrected chi connectivity index (χ4v) is 3.28. The smallest absolute Gasteiger partial charge is 0.236 e. The summed E-state index contributed by atoms with van der Waals surface area (Å²) in [6.07, 6.45) is 3.52. The minimum atomic E-state index is 0.224. The van der Waals surface area contributed by atoms with Crippen LogP contribution in [0.5, 0.6) is 0 Å². The Balaban J connectivity index is 1.42. The lowest BCUT2D eigenvalue weighted by Gasteiger charge is -2.34. The molecule has 1 N–H and O–H groups in total. The number of aryl methyl sites for hydroxylation is 1. The molecule has 116 valence electrons. The monoisotopic (exact) mass is 309 g/mol. The number of amides is 1. The molecule has 1 aromatic heterocycles. The quantitative estimate of drug-likeness (QED) is 0.840. The Kier molecular flexibility index (Phi) is 4.70. The Morgan fingerprint density at radius 1 is 1.33 bits per heavy atom. The van der Waals surface area contributed by atoms with E-state index >= 15 is 0 Å². The van der Waals surface area contributed by atoms with E-state index in [0.717, 1.165) is 56.0 Å². The van der Waals surface area contributed by atoms with Crippen LogP contribution in [0.1, 0.15) is 25.6 Å². The Hall–Kier alpha value is -1.21. The second-order valence-corrected chi connectivity index (χ2v) is 6.52. The number of piperazine rings is 1. The Bertz CT molecular complexity index is 479. The molecule has 21 heavy (non-hydrogen) atoms. The van der Waals surface area contributed by atoms with Crippen LogP contribution in [0.2, 0.25) is 0 Å². The number of aromatic nitrogens is 2. The number of rotatable bonds is 6. The van der Waals surface area contributed by atoms with Crippen molar-refractivity contribution in [3.63, 3.8) is 0 Å². The summed E-state index contributed by atoms with van der Waals surface area (Å²) in [6.45, 7) is 6.82. The summed E-state index contributed by atoms with van der Waals surface area (Å²) >= 11 is 1.46. The Labute approximate surface area is 129 Å². The number of nitrogens with one attached hydrogen (secondary N) is 1. The van der Waals surface area contributed by atoms with Crippen LogP contribution in [-0.4, -0.2) is 59.4 Å². The summed E-state index contributed by atoms with van der Waals surface area (Å²) in [7, 11) is 0. The molecule has 0 radical (unpaired) electrons. The molecule has 2 heterocycles. The zero-order valence-electron chi connectivity index (χ0n) is 12.5. The fraction of sp³-hybridized carbons (Fsp3) is 0.786. The largest absolute Gasteiger partial charge is 0.343 e. The number of nitrogens with zero attached hydrogens (tertiary/aromatic N) is 4. The summed E-state index contributed by atoms with van der Waals surface area (Å²) in [5.74, 6) is 1.96. The van der Waals surface area contributed by atoms with Gasteiger partial charge in [-0.3, -0.25) is 4.79 Å². The van der Waals surface area contributed by atoms with Crippen LogP contribution in [0, 0.1) is 5.92 Å². The third-order valence-corrected chi connectivity index (χ3v) is 4.90. The van der Waals surface area contributed by atoms with E-state index < -0.39 is 0 Å². The first-order chi connectivity index (χ1) is 10.3. The molecule has 1 amide bonds. The average molecular weight is 309 g/mol. The van der Waals surface area contributed by atoms with E-state index in [9.17, 15) is 4.79 Å². The van der Waals surface area contributed by atoms with E-state index in [1.807, 2.05) is 4.90 Å². The average Bonchev–Trinajstić information content (AvgIpc) is 3.21. The van der Waals surface area contributed by atoms with Gasteiger partial charge in [0, 0.05) is 44.1 Å². The molecule has 0 spiro atoms. The van der Waals surface area contributed by atoms with Crippen molar-refractivity contribution in [2.45, 2.75) is 26.2 Å². The molecule has 3 rings (SSSR count). The van der Waals surface area contributed by atoms with Crippen molar-refractivity contribution in [2.75, 3.05) is 44.2 Å². The van der Waals surface area contributed by atoms with Gasteiger partial charge in [-0.1, -0.05) is 6.92 Å². The number of hydrogen-bond acceptors (Lipinski definition) is 6. The standard InChI is InChI=1S/C14H23N5OS/c1-2-12-16-14(21-17-12)19-7-5-18(6-8-19)13(20)10-15-9-11-3-4-11/h11,15H,2-10H2,1H3. The zero-order chi connectivity index (χ0) is 14.7. The molecule has 0 bridgehead atoms. The lowest BCUT2D eigenvalue weighted by atomic mass is 10.3. The van der Waals surface area contributed by atoms with Gasteiger partial charge in [-0.05, 0) is 25.3 Å². The molecule has 2 fully saturated rings. The Morgan fingerprint density at radius 2 is 2.10 bits per heavy atom. The van der Waals surface area contributed by atoms with Gasteiger partial charge in [-0.15, -0.1) is 0 Å². The number of anilines is 1. The molecule has 0 aromatic carbocycles. The van der Waals surface area contributed by atoms with Crippen molar-refractivity contribution >= 4 is 22.6 Å². The number of carbonyl (C=O) groups excluding carboxylic acids is 1.